The van der Waals surface area contributed by atoms with Gasteiger partial charge in [-0.1, -0.05) is 0 Å². The average molecular weight is 308 g/mol. The van der Waals surface area contributed by atoms with Crippen LogP contribution in [0.3, 0.4) is 0 Å². The first-order valence-corrected chi connectivity index (χ1v) is 8.51. The average Bonchev–Trinajstić information content (AvgIpc) is 2.86. The molecule has 0 aromatic rings. The van der Waals surface area contributed by atoms with Gasteiger partial charge in [-0.3, -0.25) is 0 Å². The third kappa shape index (κ3) is 2.00. The quantitative estimate of drug-likeness (QED) is 0.688. The van der Waals surface area contributed by atoms with E-state index >= 15 is 0 Å². The standard InChI is InChI=1S/C18H28O4/c1-9-10(2)21-18(5,6)12-8-19-14-11-7-17(3,4)22-16(11)20-15(14)13(9)12/h11-16H,7-8H2,1-6H3/t11-,12+,13+,14-,15-,16-/m1/s1. The van der Waals surface area contributed by atoms with E-state index in [-0.39, 0.29) is 29.7 Å². The fraction of sp³-hybridized carbons (Fsp3) is 0.889. The Balaban J connectivity index is 1.67. The third-order valence-electron chi connectivity index (χ3n) is 6.17. The van der Waals surface area contributed by atoms with Gasteiger partial charge in [0.25, 0.3) is 0 Å². The monoisotopic (exact) mass is 308 g/mol. The number of rotatable bonds is 0. The lowest BCUT2D eigenvalue weighted by atomic mass is 9.68. The van der Waals surface area contributed by atoms with Crippen LogP contribution in [0.4, 0.5) is 0 Å². The summed E-state index contributed by atoms with van der Waals surface area (Å²) in [7, 11) is 0. The van der Waals surface area contributed by atoms with E-state index in [1.54, 1.807) is 0 Å². The van der Waals surface area contributed by atoms with Crippen LogP contribution in [0.5, 0.6) is 0 Å². The van der Waals surface area contributed by atoms with E-state index in [1.807, 2.05) is 0 Å². The van der Waals surface area contributed by atoms with Crippen LogP contribution in [0.1, 0.15) is 48.0 Å². The van der Waals surface area contributed by atoms with Crippen LogP contribution in [0.25, 0.3) is 0 Å². The molecule has 124 valence electrons. The van der Waals surface area contributed by atoms with Crippen LogP contribution in [-0.2, 0) is 18.9 Å². The Morgan fingerprint density at radius 3 is 2.50 bits per heavy atom. The smallest absolute Gasteiger partial charge is 0.164 e. The first-order valence-electron chi connectivity index (χ1n) is 8.51. The fourth-order valence-corrected chi connectivity index (χ4v) is 5.01. The number of hydrogen-bond donors (Lipinski definition) is 0. The molecule has 3 saturated heterocycles. The Kier molecular flexibility index (Phi) is 3.06. The third-order valence-corrected chi connectivity index (χ3v) is 6.17. The molecule has 4 heteroatoms. The zero-order valence-corrected chi connectivity index (χ0v) is 14.5. The van der Waals surface area contributed by atoms with Crippen molar-refractivity contribution in [3.8, 4) is 0 Å². The van der Waals surface area contributed by atoms with Gasteiger partial charge in [-0.05, 0) is 53.5 Å². The summed E-state index contributed by atoms with van der Waals surface area (Å²) in [5.41, 5.74) is 1.01. The molecule has 4 nitrogen and oxygen atoms in total. The Morgan fingerprint density at radius 1 is 1.05 bits per heavy atom. The second kappa shape index (κ2) is 4.49. The minimum atomic E-state index is -0.208. The van der Waals surface area contributed by atoms with Crippen LogP contribution in [0.15, 0.2) is 11.3 Å². The largest absolute Gasteiger partial charge is 0.492 e. The molecule has 22 heavy (non-hydrogen) atoms. The number of hydrogen-bond acceptors (Lipinski definition) is 4. The molecule has 6 atom stereocenters. The molecule has 4 rings (SSSR count). The zero-order chi connectivity index (χ0) is 15.9. The molecule has 3 fully saturated rings. The number of allylic oxidation sites excluding steroid dienone is 1. The van der Waals surface area contributed by atoms with Gasteiger partial charge in [-0.2, -0.15) is 0 Å². The van der Waals surface area contributed by atoms with Crippen molar-refractivity contribution in [3.05, 3.63) is 11.3 Å². The van der Waals surface area contributed by atoms with Crippen molar-refractivity contribution in [2.75, 3.05) is 6.61 Å². The highest BCUT2D eigenvalue weighted by Crippen LogP contribution is 2.54. The molecule has 0 aromatic carbocycles. The van der Waals surface area contributed by atoms with Gasteiger partial charge in [-0.15, -0.1) is 0 Å². The van der Waals surface area contributed by atoms with Gasteiger partial charge in [-0.25, -0.2) is 0 Å². The normalized spacial score (nSPS) is 48.5. The van der Waals surface area contributed by atoms with Gasteiger partial charge in [0.2, 0.25) is 0 Å². The Bertz CT molecular complexity index is 521. The first kappa shape index (κ1) is 15.0. The lowest BCUT2D eigenvalue weighted by Gasteiger charge is -2.50. The molecule has 0 saturated carbocycles. The summed E-state index contributed by atoms with van der Waals surface area (Å²) in [4.78, 5) is 0. The molecule has 0 unspecified atom stereocenters. The van der Waals surface area contributed by atoms with Gasteiger partial charge in [0.05, 0.1) is 30.2 Å². The molecule has 0 radical (unpaired) electrons. The van der Waals surface area contributed by atoms with E-state index < -0.39 is 0 Å². The van der Waals surface area contributed by atoms with E-state index in [0.717, 1.165) is 18.8 Å². The van der Waals surface area contributed by atoms with Gasteiger partial charge >= 0.3 is 0 Å². The van der Waals surface area contributed by atoms with Gasteiger partial charge in [0, 0.05) is 17.8 Å². The predicted molar refractivity (Wildman–Crippen MR) is 82.2 cm³/mol. The summed E-state index contributed by atoms with van der Waals surface area (Å²) >= 11 is 0. The second-order valence-corrected chi connectivity index (χ2v) is 8.59. The minimum absolute atomic E-state index is 0.1000. The fourth-order valence-electron chi connectivity index (χ4n) is 5.01. The molecule has 0 spiro atoms. The highest BCUT2D eigenvalue weighted by atomic mass is 16.7. The maximum Gasteiger partial charge on any atom is 0.164 e. The number of ether oxygens (including phenoxy) is 4. The summed E-state index contributed by atoms with van der Waals surface area (Å²) < 4.78 is 24.9. The molecule has 4 aliphatic heterocycles. The summed E-state index contributed by atoms with van der Waals surface area (Å²) in [5.74, 6) is 2.12. The van der Waals surface area contributed by atoms with Crippen LogP contribution in [-0.4, -0.2) is 36.3 Å². The molecular formula is C18H28O4. The molecular weight excluding hydrogens is 280 g/mol. The van der Waals surface area contributed by atoms with Crippen molar-refractivity contribution in [2.45, 2.75) is 77.7 Å². The van der Waals surface area contributed by atoms with Gasteiger partial charge < -0.3 is 18.9 Å². The van der Waals surface area contributed by atoms with Gasteiger partial charge in [0.15, 0.2) is 6.29 Å². The maximum atomic E-state index is 6.37. The maximum absolute atomic E-state index is 6.37. The van der Waals surface area contributed by atoms with Crippen molar-refractivity contribution < 1.29 is 18.9 Å². The van der Waals surface area contributed by atoms with Crippen molar-refractivity contribution in [1.29, 1.82) is 0 Å². The summed E-state index contributed by atoms with van der Waals surface area (Å²) in [6, 6.07) is 0. The lowest BCUT2D eigenvalue weighted by Crippen LogP contribution is -2.56. The Hall–Kier alpha value is -0.580. The van der Waals surface area contributed by atoms with Crippen molar-refractivity contribution >= 4 is 0 Å². The van der Waals surface area contributed by atoms with E-state index in [0.29, 0.717) is 17.8 Å². The van der Waals surface area contributed by atoms with E-state index in [9.17, 15) is 0 Å². The van der Waals surface area contributed by atoms with E-state index in [2.05, 4.69) is 41.5 Å². The van der Waals surface area contributed by atoms with Crippen molar-refractivity contribution in [2.24, 2.45) is 17.8 Å². The molecule has 0 aliphatic carbocycles. The molecule has 0 aromatic heterocycles. The van der Waals surface area contributed by atoms with Crippen molar-refractivity contribution in [1.82, 2.24) is 0 Å². The first-order chi connectivity index (χ1) is 10.2. The van der Waals surface area contributed by atoms with E-state index in [4.69, 9.17) is 18.9 Å². The summed E-state index contributed by atoms with van der Waals surface area (Å²) in [6.45, 7) is 13.6. The molecule has 4 heterocycles. The highest BCUT2D eigenvalue weighted by Gasteiger charge is 2.61. The zero-order valence-electron chi connectivity index (χ0n) is 14.5. The molecule has 0 bridgehead atoms. The van der Waals surface area contributed by atoms with E-state index in [1.165, 1.54) is 5.57 Å². The molecule has 0 N–H and O–H groups in total. The molecule has 0 amide bonds. The molecule has 4 aliphatic rings. The summed E-state index contributed by atoms with van der Waals surface area (Å²) in [6.07, 6.45) is 1.16. The topological polar surface area (TPSA) is 36.9 Å². The van der Waals surface area contributed by atoms with Crippen LogP contribution in [0, 0.1) is 17.8 Å². The number of fused-ring (bicyclic) bond motifs is 5. The van der Waals surface area contributed by atoms with Gasteiger partial charge in [0.1, 0.15) is 5.60 Å². The van der Waals surface area contributed by atoms with Crippen LogP contribution < -0.4 is 0 Å². The minimum Gasteiger partial charge on any atom is -0.492 e. The Morgan fingerprint density at radius 2 is 1.77 bits per heavy atom. The lowest BCUT2D eigenvalue weighted by molar-refractivity contribution is -0.210. The Labute approximate surface area is 133 Å². The van der Waals surface area contributed by atoms with Crippen molar-refractivity contribution in [3.63, 3.8) is 0 Å². The highest BCUT2D eigenvalue weighted by molar-refractivity contribution is 5.21. The second-order valence-electron chi connectivity index (χ2n) is 8.59. The summed E-state index contributed by atoms with van der Waals surface area (Å²) in [5, 5.41) is 0. The van der Waals surface area contributed by atoms with Crippen LogP contribution in [0.2, 0.25) is 0 Å². The van der Waals surface area contributed by atoms with Crippen LogP contribution >= 0.6 is 0 Å². The SMILES string of the molecule is CC1=C(C)[C@@H]2[C@H]3O[C@@H]4OC(C)(C)C[C@@H]4[C@H]3OC[C@@H]2C(C)(C)O1. The predicted octanol–water partition coefficient (Wildman–Crippen LogP) is 3.26.